The van der Waals surface area contributed by atoms with Gasteiger partial charge in [-0.15, -0.1) is 0 Å². The van der Waals surface area contributed by atoms with Gasteiger partial charge >= 0.3 is 0 Å². The standard InChI is InChI=1S/C22H20N4O3S/c1-3-26-21(29)19(12-20(28)25-18-7-5-4-6-16(18)13-23)30-22(26)24-17-10-8-15(9-11-17)14(2)27/h4-11,19H,3,12H2,1-2H3,(H,25,28). The largest absolute Gasteiger partial charge is 0.325 e. The average molecular weight is 420 g/mol. The van der Waals surface area contributed by atoms with Crippen LogP contribution in [0.15, 0.2) is 53.5 Å². The van der Waals surface area contributed by atoms with Gasteiger partial charge in [-0.2, -0.15) is 5.26 Å². The highest BCUT2D eigenvalue weighted by molar-refractivity contribution is 8.15. The zero-order valence-electron chi connectivity index (χ0n) is 16.6. The van der Waals surface area contributed by atoms with Crippen molar-refractivity contribution in [3.05, 3.63) is 59.7 Å². The first kappa shape index (κ1) is 21.3. The second-order valence-corrected chi connectivity index (χ2v) is 7.77. The highest BCUT2D eigenvalue weighted by Gasteiger charge is 2.38. The number of amides is 2. The topological polar surface area (TPSA) is 103 Å². The number of para-hydroxylation sites is 1. The molecule has 2 aromatic carbocycles. The van der Waals surface area contributed by atoms with Crippen LogP contribution in [-0.4, -0.2) is 39.5 Å². The summed E-state index contributed by atoms with van der Waals surface area (Å²) in [5.74, 6) is -0.546. The summed E-state index contributed by atoms with van der Waals surface area (Å²) in [6.45, 7) is 3.78. The molecule has 1 fully saturated rings. The number of hydrogen-bond acceptors (Lipinski definition) is 6. The van der Waals surface area contributed by atoms with Gasteiger partial charge in [0, 0.05) is 18.5 Å². The van der Waals surface area contributed by atoms with Crippen LogP contribution in [0.5, 0.6) is 0 Å². The molecular weight excluding hydrogens is 400 g/mol. The summed E-state index contributed by atoms with van der Waals surface area (Å²) in [6.07, 6.45) is -0.0257. The molecule has 30 heavy (non-hydrogen) atoms. The summed E-state index contributed by atoms with van der Waals surface area (Å²) >= 11 is 1.24. The summed E-state index contributed by atoms with van der Waals surface area (Å²) in [5.41, 5.74) is 2.00. The highest BCUT2D eigenvalue weighted by atomic mass is 32.2. The molecule has 1 unspecified atom stereocenters. The molecule has 0 aromatic heterocycles. The number of nitrogens with zero attached hydrogens (tertiary/aromatic N) is 3. The fourth-order valence-electron chi connectivity index (χ4n) is 2.96. The number of carbonyl (C=O) groups is 3. The Morgan fingerprint density at radius 3 is 2.53 bits per heavy atom. The lowest BCUT2D eigenvalue weighted by molar-refractivity contribution is -0.128. The smallest absolute Gasteiger partial charge is 0.242 e. The van der Waals surface area contributed by atoms with Crippen molar-refractivity contribution in [2.45, 2.75) is 25.5 Å². The zero-order chi connectivity index (χ0) is 21.7. The molecule has 0 spiro atoms. The fourth-order valence-corrected chi connectivity index (χ4v) is 4.18. The number of rotatable bonds is 6. The van der Waals surface area contributed by atoms with Crippen LogP contribution in [0.25, 0.3) is 0 Å². The van der Waals surface area contributed by atoms with Gasteiger partial charge in [0.05, 0.1) is 16.9 Å². The Balaban J connectivity index is 1.73. The van der Waals surface area contributed by atoms with Gasteiger partial charge < -0.3 is 5.32 Å². The normalized spacial score (nSPS) is 17.1. The molecule has 152 valence electrons. The van der Waals surface area contributed by atoms with Crippen molar-refractivity contribution < 1.29 is 14.4 Å². The Morgan fingerprint density at radius 1 is 1.20 bits per heavy atom. The maximum atomic E-state index is 12.7. The van der Waals surface area contributed by atoms with Gasteiger partial charge in [0.15, 0.2) is 11.0 Å². The molecule has 3 rings (SSSR count). The third kappa shape index (κ3) is 4.75. The number of hydrogen-bond donors (Lipinski definition) is 1. The van der Waals surface area contributed by atoms with Gasteiger partial charge in [-0.05, 0) is 50.2 Å². The molecule has 1 aliphatic rings. The summed E-state index contributed by atoms with van der Waals surface area (Å²) in [6, 6.07) is 15.6. The summed E-state index contributed by atoms with van der Waals surface area (Å²) in [5, 5.41) is 11.8. The van der Waals surface area contributed by atoms with Crippen molar-refractivity contribution in [3.8, 4) is 6.07 Å². The number of nitriles is 1. The van der Waals surface area contributed by atoms with E-state index in [-0.39, 0.29) is 24.0 Å². The lowest BCUT2D eigenvalue weighted by Crippen LogP contribution is -2.33. The van der Waals surface area contributed by atoms with Crippen LogP contribution < -0.4 is 5.32 Å². The number of carbonyl (C=O) groups excluding carboxylic acids is 3. The van der Waals surface area contributed by atoms with Crippen LogP contribution >= 0.6 is 11.8 Å². The minimum Gasteiger partial charge on any atom is -0.325 e. The molecule has 2 aromatic rings. The number of Topliss-reactive ketones (excluding diaryl/α,β-unsaturated/α-hetero) is 1. The molecule has 0 radical (unpaired) electrons. The van der Waals surface area contributed by atoms with E-state index in [1.54, 1.807) is 53.4 Å². The Kier molecular flexibility index (Phi) is 6.65. The molecule has 0 saturated carbocycles. The van der Waals surface area contributed by atoms with E-state index in [1.165, 1.54) is 18.7 Å². The van der Waals surface area contributed by atoms with E-state index >= 15 is 0 Å². The van der Waals surface area contributed by atoms with Crippen LogP contribution in [0.4, 0.5) is 11.4 Å². The zero-order valence-corrected chi connectivity index (χ0v) is 17.4. The van der Waals surface area contributed by atoms with Gasteiger partial charge in [0.1, 0.15) is 11.3 Å². The molecule has 1 N–H and O–H groups in total. The number of anilines is 1. The van der Waals surface area contributed by atoms with Gasteiger partial charge in [-0.3, -0.25) is 19.3 Å². The number of nitrogens with one attached hydrogen (secondary N) is 1. The summed E-state index contributed by atoms with van der Waals surface area (Å²) < 4.78 is 0. The Labute approximate surface area is 178 Å². The van der Waals surface area contributed by atoms with Crippen LogP contribution in [0, 0.1) is 11.3 Å². The van der Waals surface area contributed by atoms with Crippen molar-refractivity contribution in [2.75, 3.05) is 11.9 Å². The van der Waals surface area contributed by atoms with Crippen molar-refractivity contribution in [3.63, 3.8) is 0 Å². The van der Waals surface area contributed by atoms with E-state index in [4.69, 9.17) is 5.26 Å². The third-order valence-corrected chi connectivity index (χ3v) is 5.70. The Morgan fingerprint density at radius 2 is 1.90 bits per heavy atom. The van der Waals surface area contributed by atoms with Crippen LogP contribution in [0.2, 0.25) is 0 Å². The van der Waals surface area contributed by atoms with E-state index in [1.807, 2.05) is 13.0 Å². The van der Waals surface area contributed by atoms with Gasteiger partial charge in [-0.25, -0.2) is 4.99 Å². The predicted molar refractivity (Wildman–Crippen MR) is 117 cm³/mol. The third-order valence-electron chi connectivity index (χ3n) is 4.53. The quantitative estimate of drug-likeness (QED) is 0.717. The molecule has 0 bridgehead atoms. The van der Waals surface area contributed by atoms with Crippen LogP contribution in [-0.2, 0) is 9.59 Å². The lowest BCUT2D eigenvalue weighted by Gasteiger charge is -2.13. The van der Waals surface area contributed by atoms with E-state index in [0.717, 1.165) is 0 Å². The summed E-state index contributed by atoms with van der Waals surface area (Å²) in [7, 11) is 0. The van der Waals surface area contributed by atoms with E-state index < -0.39 is 5.25 Å². The first-order valence-electron chi connectivity index (χ1n) is 9.39. The van der Waals surface area contributed by atoms with Crippen molar-refractivity contribution >= 4 is 45.9 Å². The number of ketones is 1. The maximum absolute atomic E-state index is 12.7. The molecule has 1 heterocycles. The number of thioether (sulfide) groups is 1. The summed E-state index contributed by atoms with van der Waals surface area (Å²) in [4.78, 5) is 42.7. The molecule has 1 aliphatic heterocycles. The number of benzene rings is 2. The number of aliphatic imine (C=N–C) groups is 1. The Hall–Kier alpha value is -3.44. The predicted octanol–water partition coefficient (Wildman–Crippen LogP) is 3.74. The van der Waals surface area contributed by atoms with Crippen molar-refractivity contribution in [1.82, 2.24) is 4.90 Å². The van der Waals surface area contributed by atoms with Gasteiger partial charge in [0.2, 0.25) is 11.8 Å². The fraction of sp³-hybridized carbons (Fsp3) is 0.227. The van der Waals surface area contributed by atoms with E-state index in [9.17, 15) is 14.4 Å². The van der Waals surface area contributed by atoms with E-state index in [0.29, 0.717) is 34.2 Å². The SMILES string of the molecule is CCN1C(=O)C(CC(=O)Nc2ccccc2C#N)SC1=Nc1ccc(C(C)=O)cc1. The first-order valence-corrected chi connectivity index (χ1v) is 10.3. The second-order valence-electron chi connectivity index (χ2n) is 6.60. The van der Waals surface area contributed by atoms with Gasteiger partial charge in [0.25, 0.3) is 0 Å². The van der Waals surface area contributed by atoms with Crippen molar-refractivity contribution in [1.29, 1.82) is 5.26 Å². The van der Waals surface area contributed by atoms with Crippen LogP contribution in [0.3, 0.4) is 0 Å². The monoisotopic (exact) mass is 420 g/mol. The maximum Gasteiger partial charge on any atom is 0.242 e. The van der Waals surface area contributed by atoms with Gasteiger partial charge in [-0.1, -0.05) is 23.9 Å². The highest BCUT2D eigenvalue weighted by Crippen LogP contribution is 2.32. The Bertz CT molecular complexity index is 1060. The first-order chi connectivity index (χ1) is 14.4. The molecular formula is C22H20N4O3S. The molecule has 0 aliphatic carbocycles. The average Bonchev–Trinajstić information content (AvgIpc) is 3.02. The minimum atomic E-state index is -0.588. The molecule has 2 amide bonds. The molecule has 8 heteroatoms. The molecule has 1 saturated heterocycles. The van der Waals surface area contributed by atoms with E-state index in [2.05, 4.69) is 10.3 Å². The second kappa shape index (κ2) is 9.37. The minimum absolute atomic E-state index is 0.0257. The van der Waals surface area contributed by atoms with Crippen molar-refractivity contribution in [2.24, 2.45) is 4.99 Å². The molecule has 1 atom stereocenters. The van der Waals surface area contributed by atoms with Crippen LogP contribution in [0.1, 0.15) is 36.2 Å². The molecule has 7 nitrogen and oxygen atoms in total. The lowest BCUT2D eigenvalue weighted by atomic mass is 10.1. The number of amidine groups is 1.